The van der Waals surface area contributed by atoms with Crippen molar-refractivity contribution in [2.75, 3.05) is 6.54 Å². The molecule has 2 aromatic heterocycles. The Balaban J connectivity index is 2.03. The first-order valence-corrected chi connectivity index (χ1v) is 8.40. The van der Waals surface area contributed by atoms with Gasteiger partial charge >= 0.3 is 0 Å². The lowest BCUT2D eigenvalue weighted by molar-refractivity contribution is 0.242. The average molecular weight is 315 g/mol. The zero-order chi connectivity index (χ0) is 15.7. The first kappa shape index (κ1) is 15.1. The molecular weight excluding hydrogens is 294 g/mol. The fourth-order valence-electron chi connectivity index (χ4n) is 2.63. The standard InChI is InChI=1S/C17H21N3OS/c1-11(2)21-14-6-4-13(5-7-14)16-15(8-9-18)20-12(3)10-22-17(20)19-16/h4-7,10-11H,8-9,18H2,1-3H3. The number of thiazole rings is 1. The van der Waals surface area contributed by atoms with Gasteiger partial charge in [0.2, 0.25) is 0 Å². The summed E-state index contributed by atoms with van der Waals surface area (Å²) >= 11 is 1.67. The van der Waals surface area contributed by atoms with Crippen LogP contribution in [0.2, 0.25) is 0 Å². The Labute approximate surface area is 134 Å². The van der Waals surface area contributed by atoms with Gasteiger partial charge in [-0.1, -0.05) is 0 Å². The van der Waals surface area contributed by atoms with Gasteiger partial charge in [0.25, 0.3) is 0 Å². The van der Waals surface area contributed by atoms with Crippen molar-refractivity contribution in [1.82, 2.24) is 9.38 Å². The molecule has 22 heavy (non-hydrogen) atoms. The third-order valence-electron chi connectivity index (χ3n) is 3.51. The van der Waals surface area contributed by atoms with Crippen molar-refractivity contribution in [2.24, 2.45) is 5.73 Å². The summed E-state index contributed by atoms with van der Waals surface area (Å²) in [4.78, 5) is 5.82. The molecule has 0 radical (unpaired) electrons. The van der Waals surface area contributed by atoms with Gasteiger partial charge < -0.3 is 10.5 Å². The van der Waals surface area contributed by atoms with Gasteiger partial charge in [-0.25, -0.2) is 4.98 Å². The Morgan fingerprint density at radius 3 is 2.64 bits per heavy atom. The molecule has 2 N–H and O–H groups in total. The largest absolute Gasteiger partial charge is 0.491 e. The molecule has 0 bridgehead atoms. The van der Waals surface area contributed by atoms with Crippen LogP contribution in [0.4, 0.5) is 0 Å². The number of aromatic nitrogens is 2. The van der Waals surface area contributed by atoms with E-state index in [0.717, 1.165) is 28.4 Å². The van der Waals surface area contributed by atoms with E-state index in [9.17, 15) is 0 Å². The molecule has 0 aliphatic heterocycles. The quantitative estimate of drug-likeness (QED) is 0.782. The highest BCUT2D eigenvalue weighted by Crippen LogP contribution is 2.29. The zero-order valence-electron chi connectivity index (χ0n) is 13.2. The number of nitrogens with two attached hydrogens (primary N) is 1. The van der Waals surface area contributed by atoms with E-state index in [2.05, 4.69) is 28.8 Å². The Hall–Kier alpha value is -1.85. The first-order valence-electron chi connectivity index (χ1n) is 7.52. The third kappa shape index (κ3) is 2.74. The Morgan fingerprint density at radius 1 is 1.27 bits per heavy atom. The highest BCUT2D eigenvalue weighted by Gasteiger charge is 2.16. The molecule has 0 atom stereocenters. The molecule has 0 spiro atoms. The second kappa shape index (κ2) is 6.10. The van der Waals surface area contributed by atoms with Crippen LogP contribution in [0.3, 0.4) is 0 Å². The number of hydrogen-bond donors (Lipinski definition) is 1. The van der Waals surface area contributed by atoms with E-state index >= 15 is 0 Å². The van der Waals surface area contributed by atoms with E-state index in [4.69, 9.17) is 15.5 Å². The highest BCUT2D eigenvalue weighted by molar-refractivity contribution is 7.15. The van der Waals surface area contributed by atoms with E-state index < -0.39 is 0 Å². The van der Waals surface area contributed by atoms with Crippen molar-refractivity contribution < 1.29 is 4.74 Å². The number of fused-ring (bicyclic) bond motifs is 1. The molecule has 0 aliphatic rings. The van der Waals surface area contributed by atoms with Crippen LogP contribution in [0.15, 0.2) is 29.6 Å². The Bertz CT molecular complexity index is 771. The molecule has 0 aliphatic carbocycles. The molecule has 116 valence electrons. The molecule has 0 saturated carbocycles. The zero-order valence-corrected chi connectivity index (χ0v) is 14.0. The molecule has 5 heteroatoms. The number of imidazole rings is 1. The summed E-state index contributed by atoms with van der Waals surface area (Å²) in [7, 11) is 0. The van der Waals surface area contributed by atoms with Crippen molar-refractivity contribution in [2.45, 2.75) is 33.3 Å². The maximum absolute atomic E-state index is 5.80. The molecule has 0 unspecified atom stereocenters. The molecule has 0 fully saturated rings. The monoisotopic (exact) mass is 315 g/mol. The average Bonchev–Trinajstić information content (AvgIpc) is 3.01. The van der Waals surface area contributed by atoms with Crippen molar-refractivity contribution in [1.29, 1.82) is 0 Å². The number of ether oxygens (including phenoxy) is 1. The number of aryl methyl sites for hydroxylation is 1. The normalized spacial score (nSPS) is 11.5. The minimum atomic E-state index is 0.180. The van der Waals surface area contributed by atoms with Gasteiger partial charge in [0.15, 0.2) is 4.96 Å². The summed E-state index contributed by atoms with van der Waals surface area (Å²) in [5, 5.41) is 2.13. The topological polar surface area (TPSA) is 52.5 Å². The Morgan fingerprint density at radius 2 is 2.00 bits per heavy atom. The van der Waals surface area contributed by atoms with E-state index in [0.29, 0.717) is 6.54 Å². The summed E-state index contributed by atoms with van der Waals surface area (Å²) in [6.07, 6.45) is 0.998. The lowest BCUT2D eigenvalue weighted by Gasteiger charge is -2.10. The minimum absolute atomic E-state index is 0.180. The van der Waals surface area contributed by atoms with Crippen LogP contribution < -0.4 is 10.5 Å². The molecule has 3 rings (SSSR count). The molecule has 1 aromatic carbocycles. The first-order chi connectivity index (χ1) is 10.6. The smallest absolute Gasteiger partial charge is 0.194 e. The fourth-order valence-corrected chi connectivity index (χ4v) is 3.51. The lowest BCUT2D eigenvalue weighted by atomic mass is 10.1. The maximum atomic E-state index is 5.80. The van der Waals surface area contributed by atoms with Crippen molar-refractivity contribution in [3.63, 3.8) is 0 Å². The van der Waals surface area contributed by atoms with Crippen LogP contribution in [0.25, 0.3) is 16.2 Å². The van der Waals surface area contributed by atoms with Gasteiger partial charge in [0, 0.05) is 23.1 Å². The summed E-state index contributed by atoms with van der Waals surface area (Å²) in [6.45, 7) is 6.78. The van der Waals surface area contributed by atoms with Crippen LogP contribution >= 0.6 is 11.3 Å². The van der Waals surface area contributed by atoms with Crippen LogP contribution in [-0.2, 0) is 6.42 Å². The SMILES string of the molecule is Cc1csc2nc(-c3ccc(OC(C)C)cc3)c(CCN)n12. The fraction of sp³-hybridized carbons (Fsp3) is 0.353. The summed E-state index contributed by atoms with van der Waals surface area (Å²) in [5.74, 6) is 0.885. The number of hydrogen-bond acceptors (Lipinski definition) is 4. The summed E-state index contributed by atoms with van der Waals surface area (Å²) < 4.78 is 7.92. The second-order valence-corrected chi connectivity index (χ2v) is 6.47. The number of nitrogens with zero attached hydrogens (tertiary/aromatic N) is 2. The third-order valence-corrected chi connectivity index (χ3v) is 4.45. The van der Waals surface area contributed by atoms with Gasteiger partial charge in [-0.05, 0) is 51.6 Å². The molecule has 2 heterocycles. The van der Waals surface area contributed by atoms with Crippen LogP contribution in [0.5, 0.6) is 5.75 Å². The van der Waals surface area contributed by atoms with Crippen molar-refractivity contribution in [3.05, 3.63) is 41.0 Å². The van der Waals surface area contributed by atoms with Gasteiger partial charge in [-0.15, -0.1) is 11.3 Å². The molecular formula is C17H21N3OS. The van der Waals surface area contributed by atoms with Crippen LogP contribution in [0, 0.1) is 6.92 Å². The Kier molecular flexibility index (Phi) is 4.18. The molecule has 0 amide bonds. The predicted molar refractivity (Wildman–Crippen MR) is 91.8 cm³/mol. The van der Waals surface area contributed by atoms with Crippen molar-refractivity contribution in [3.8, 4) is 17.0 Å². The van der Waals surface area contributed by atoms with Gasteiger partial charge in [-0.3, -0.25) is 4.40 Å². The molecule has 3 aromatic rings. The van der Waals surface area contributed by atoms with E-state index in [1.807, 2.05) is 26.0 Å². The predicted octanol–water partition coefficient (Wildman–Crippen LogP) is 3.66. The maximum Gasteiger partial charge on any atom is 0.194 e. The lowest BCUT2D eigenvalue weighted by Crippen LogP contribution is -2.07. The minimum Gasteiger partial charge on any atom is -0.491 e. The number of benzene rings is 1. The van der Waals surface area contributed by atoms with Gasteiger partial charge in [0.05, 0.1) is 17.5 Å². The summed E-state index contributed by atoms with van der Waals surface area (Å²) in [6, 6.07) is 8.14. The van der Waals surface area contributed by atoms with E-state index in [-0.39, 0.29) is 6.10 Å². The molecule has 0 saturated heterocycles. The van der Waals surface area contributed by atoms with Crippen LogP contribution in [-0.4, -0.2) is 22.0 Å². The van der Waals surface area contributed by atoms with Gasteiger partial charge in [0.1, 0.15) is 5.75 Å². The summed E-state index contributed by atoms with van der Waals surface area (Å²) in [5.41, 5.74) is 10.3. The van der Waals surface area contributed by atoms with E-state index in [1.54, 1.807) is 11.3 Å². The number of rotatable bonds is 5. The highest BCUT2D eigenvalue weighted by atomic mass is 32.1. The van der Waals surface area contributed by atoms with Crippen LogP contribution in [0.1, 0.15) is 25.2 Å². The second-order valence-electron chi connectivity index (χ2n) is 5.63. The van der Waals surface area contributed by atoms with E-state index in [1.165, 1.54) is 11.4 Å². The van der Waals surface area contributed by atoms with Gasteiger partial charge in [-0.2, -0.15) is 0 Å². The van der Waals surface area contributed by atoms with Crippen molar-refractivity contribution >= 4 is 16.3 Å². The molecule has 4 nitrogen and oxygen atoms in total.